The van der Waals surface area contributed by atoms with Gasteiger partial charge in [-0.15, -0.1) is 0 Å². The minimum Gasteiger partial charge on any atom is -0.486 e. The molecule has 0 saturated carbocycles. The number of H-pyrrole nitrogens is 1. The number of fused-ring (bicyclic) bond motifs is 2. The van der Waals surface area contributed by atoms with Crippen LogP contribution in [-0.2, 0) is 22.3 Å². The Labute approximate surface area is 156 Å². The molecule has 0 saturated heterocycles. The largest absolute Gasteiger partial charge is 0.486 e. The predicted molar refractivity (Wildman–Crippen MR) is 101 cm³/mol. The number of hydrogen-bond acceptors (Lipinski definition) is 5. The fourth-order valence-corrected chi connectivity index (χ4v) is 4.06. The van der Waals surface area contributed by atoms with Crippen molar-refractivity contribution in [3.05, 3.63) is 70.0 Å². The van der Waals surface area contributed by atoms with Gasteiger partial charge in [0.25, 0.3) is 5.56 Å². The molecule has 0 spiro atoms. The molecule has 0 amide bonds. The molecule has 0 radical (unpaired) electrons. The fraction of sp³-hybridized carbons (Fsp3) is 0.211. The van der Waals surface area contributed by atoms with Crippen LogP contribution in [0.2, 0.25) is 0 Å². The Kier molecular flexibility index (Phi) is 4.59. The molecule has 4 rings (SSSR count). The summed E-state index contributed by atoms with van der Waals surface area (Å²) in [4.78, 5) is 15.1. The van der Waals surface area contributed by atoms with Crippen molar-refractivity contribution in [2.75, 3.05) is 13.2 Å². The molecule has 1 aliphatic heterocycles. The maximum atomic E-state index is 12.3. The molecule has 1 aliphatic rings. The van der Waals surface area contributed by atoms with E-state index in [1.54, 1.807) is 42.5 Å². The number of hydrogen-bond donors (Lipinski definition) is 2. The zero-order valence-corrected chi connectivity index (χ0v) is 15.2. The van der Waals surface area contributed by atoms with Gasteiger partial charge in [0, 0.05) is 23.6 Å². The zero-order valence-electron chi connectivity index (χ0n) is 14.4. The predicted octanol–water partition coefficient (Wildman–Crippen LogP) is 1.92. The van der Waals surface area contributed by atoms with Crippen molar-refractivity contribution in [3.8, 4) is 11.5 Å². The highest BCUT2D eigenvalue weighted by molar-refractivity contribution is 7.88. The first-order chi connectivity index (χ1) is 13.0. The number of pyridine rings is 1. The molecule has 2 aromatic carbocycles. The number of rotatable bonds is 5. The number of nitrogens with one attached hydrogen (secondary N) is 2. The van der Waals surface area contributed by atoms with Crippen LogP contribution >= 0.6 is 0 Å². The fourth-order valence-electron chi connectivity index (χ4n) is 2.95. The van der Waals surface area contributed by atoms with Crippen molar-refractivity contribution >= 4 is 20.9 Å². The lowest BCUT2D eigenvalue weighted by Crippen LogP contribution is -2.28. The van der Waals surface area contributed by atoms with Crippen LogP contribution in [0, 0.1) is 0 Å². The van der Waals surface area contributed by atoms with Crippen LogP contribution in [0.15, 0.2) is 53.3 Å². The van der Waals surface area contributed by atoms with Gasteiger partial charge in [0.2, 0.25) is 10.0 Å². The molecule has 0 unspecified atom stereocenters. The second-order valence-electron chi connectivity index (χ2n) is 6.27. The van der Waals surface area contributed by atoms with Gasteiger partial charge in [-0.25, -0.2) is 13.1 Å². The van der Waals surface area contributed by atoms with E-state index in [0.29, 0.717) is 41.4 Å². The standard InChI is InChI=1S/C19H18N2O5S/c22-19-15(11-20-27(23,24)12-13-4-2-1-3-5-13)8-14-9-17-18(10-16(14)21-19)26-7-6-25-17/h1-5,8-10,20H,6-7,11-12H2,(H,21,22). The molecule has 8 heteroatoms. The van der Waals surface area contributed by atoms with Crippen molar-refractivity contribution in [1.82, 2.24) is 9.71 Å². The van der Waals surface area contributed by atoms with Crippen LogP contribution < -0.4 is 19.8 Å². The lowest BCUT2D eigenvalue weighted by Gasteiger charge is -2.18. The van der Waals surface area contributed by atoms with Gasteiger partial charge in [-0.2, -0.15) is 0 Å². The van der Waals surface area contributed by atoms with E-state index in [1.807, 2.05) is 6.07 Å². The minimum atomic E-state index is -3.56. The maximum Gasteiger partial charge on any atom is 0.252 e. The molecular weight excluding hydrogens is 368 g/mol. The summed E-state index contributed by atoms with van der Waals surface area (Å²) in [7, 11) is -3.56. The number of aromatic amines is 1. The average Bonchev–Trinajstić information content (AvgIpc) is 2.65. The normalized spacial score (nSPS) is 13.6. The summed E-state index contributed by atoms with van der Waals surface area (Å²) in [5.41, 5.74) is 1.28. The van der Waals surface area contributed by atoms with Gasteiger partial charge in [-0.05, 0) is 17.7 Å². The molecule has 2 heterocycles. The molecule has 27 heavy (non-hydrogen) atoms. The van der Waals surface area contributed by atoms with Gasteiger partial charge in [-0.1, -0.05) is 30.3 Å². The third-order valence-corrected chi connectivity index (χ3v) is 5.56. The van der Waals surface area contributed by atoms with Gasteiger partial charge in [0.1, 0.15) is 13.2 Å². The van der Waals surface area contributed by atoms with Crippen molar-refractivity contribution < 1.29 is 17.9 Å². The van der Waals surface area contributed by atoms with E-state index in [9.17, 15) is 13.2 Å². The summed E-state index contributed by atoms with van der Waals surface area (Å²) in [6.45, 7) is 0.840. The molecule has 140 valence electrons. The van der Waals surface area contributed by atoms with E-state index in [0.717, 1.165) is 5.39 Å². The number of sulfonamides is 1. The highest BCUT2D eigenvalue weighted by atomic mass is 32.2. The average molecular weight is 386 g/mol. The molecule has 1 aromatic heterocycles. The summed E-state index contributed by atoms with van der Waals surface area (Å²) >= 11 is 0. The lowest BCUT2D eigenvalue weighted by atomic mass is 10.1. The van der Waals surface area contributed by atoms with Gasteiger partial charge in [0.15, 0.2) is 11.5 Å². The van der Waals surface area contributed by atoms with Crippen LogP contribution in [-0.4, -0.2) is 26.6 Å². The molecule has 0 bridgehead atoms. The van der Waals surface area contributed by atoms with Gasteiger partial charge < -0.3 is 14.5 Å². The maximum absolute atomic E-state index is 12.3. The number of aromatic nitrogens is 1. The van der Waals surface area contributed by atoms with E-state index in [4.69, 9.17) is 9.47 Å². The van der Waals surface area contributed by atoms with Gasteiger partial charge in [-0.3, -0.25) is 4.79 Å². The van der Waals surface area contributed by atoms with Crippen LogP contribution in [0.3, 0.4) is 0 Å². The van der Waals surface area contributed by atoms with Crippen LogP contribution in [0.25, 0.3) is 10.9 Å². The van der Waals surface area contributed by atoms with E-state index < -0.39 is 10.0 Å². The SMILES string of the molecule is O=c1[nH]c2cc3c(cc2cc1CNS(=O)(=O)Cc1ccccc1)OCCO3. The monoisotopic (exact) mass is 386 g/mol. The topological polar surface area (TPSA) is 97.5 Å². The Bertz CT molecular complexity index is 1140. The summed E-state index contributed by atoms with van der Waals surface area (Å²) in [6, 6.07) is 14.0. The Morgan fingerprint density at radius 1 is 1.00 bits per heavy atom. The first-order valence-electron chi connectivity index (χ1n) is 8.47. The Morgan fingerprint density at radius 3 is 2.44 bits per heavy atom. The Morgan fingerprint density at radius 2 is 1.70 bits per heavy atom. The first kappa shape index (κ1) is 17.6. The quantitative estimate of drug-likeness (QED) is 0.698. The van der Waals surface area contributed by atoms with Crippen LogP contribution in [0.4, 0.5) is 0 Å². The Balaban J connectivity index is 1.56. The van der Waals surface area contributed by atoms with Crippen molar-refractivity contribution in [3.63, 3.8) is 0 Å². The Hall–Kier alpha value is -2.84. The molecule has 0 aliphatic carbocycles. The van der Waals surface area contributed by atoms with Crippen LogP contribution in [0.5, 0.6) is 11.5 Å². The second kappa shape index (κ2) is 7.05. The first-order valence-corrected chi connectivity index (χ1v) is 10.1. The molecule has 0 fully saturated rings. The third-order valence-electron chi connectivity index (χ3n) is 4.27. The van der Waals surface area contributed by atoms with Crippen molar-refractivity contribution in [2.45, 2.75) is 12.3 Å². The molecule has 0 atom stereocenters. The van der Waals surface area contributed by atoms with E-state index >= 15 is 0 Å². The van der Waals surface area contributed by atoms with Gasteiger partial charge >= 0.3 is 0 Å². The number of ether oxygens (including phenoxy) is 2. The molecule has 2 N–H and O–H groups in total. The summed E-state index contributed by atoms with van der Waals surface area (Å²) in [5, 5.41) is 0.746. The van der Waals surface area contributed by atoms with Crippen LogP contribution in [0.1, 0.15) is 11.1 Å². The summed E-state index contributed by atoms with van der Waals surface area (Å²) < 4.78 is 38.1. The second-order valence-corrected chi connectivity index (χ2v) is 8.08. The highest BCUT2D eigenvalue weighted by Gasteiger charge is 2.16. The van der Waals surface area contributed by atoms with Crippen molar-refractivity contribution in [1.29, 1.82) is 0 Å². The summed E-state index contributed by atoms with van der Waals surface area (Å²) in [5.74, 6) is 1.05. The van der Waals surface area contributed by atoms with E-state index in [-0.39, 0.29) is 17.9 Å². The third kappa shape index (κ3) is 3.96. The number of benzene rings is 2. The van der Waals surface area contributed by atoms with Gasteiger partial charge in [0.05, 0.1) is 11.3 Å². The van der Waals surface area contributed by atoms with Crippen molar-refractivity contribution in [2.24, 2.45) is 0 Å². The minimum absolute atomic E-state index is 0.0884. The molecule has 3 aromatic rings. The van der Waals surface area contributed by atoms with E-state index in [2.05, 4.69) is 9.71 Å². The zero-order chi connectivity index (χ0) is 18.9. The van der Waals surface area contributed by atoms with E-state index in [1.165, 1.54) is 0 Å². The molecule has 7 nitrogen and oxygen atoms in total. The highest BCUT2D eigenvalue weighted by Crippen LogP contribution is 2.33. The lowest BCUT2D eigenvalue weighted by molar-refractivity contribution is 0.172. The smallest absolute Gasteiger partial charge is 0.252 e. The molecular formula is C19H18N2O5S. The summed E-state index contributed by atoms with van der Waals surface area (Å²) in [6.07, 6.45) is 0.